The molecule has 0 aliphatic heterocycles. The van der Waals surface area contributed by atoms with Crippen LogP contribution in [0.2, 0.25) is 0 Å². The van der Waals surface area contributed by atoms with E-state index in [1.807, 2.05) is 0 Å². The van der Waals surface area contributed by atoms with Gasteiger partial charge in [-0.05, 0) is 18.7 Å². The van der Waals surface area contributed by atoms with E-state index in [9.17, 15) is 18.0 Å². The molecule has 0 heterocycles. The lowest BCUT2D eigenvalue weighted by molar-refractivity contribution is -0.138. The number of hydrogen-bond acceptors (Lipinski definition) is 2. The van der Waals surface area contributed by atoms with Crippen molar-refractivity contribution in [3.63, 3.8) is 0 Å². The molecule has 17 heavy (non-hydrogen) atoms. The van der Waals surface area contributed by atoms with E-state index >= 15 is 0 Å². The molecule has 0 aliphatic rings. The van der Waals surface area contributed by atoms with Gasteiger partial charge in [0.2, 0.25) is 0 Å². The number of nitrogens with zero attached hydrogens (tertiary/aromatic N) is 1. The van der Waals surface area contributed by atoms with Crippen LogP contribution in [-0.2, 0) is 17.5 Å². The minimum absolute atomic E-state index is 0.0536. The molecular weight excluding hydrogens is 235 g/mol. The predicted molar refractivity (Wildman–Crippen MR) is 55.4 cm³/mol. The van der Waals surface area contributed by atoms with Crippen molar-refractivity contribution in [3.8, 4) is 0 Å². The zero-order valence-corrected chi connectivity index (χ0v) is 9.16. The smallest absolute Gasteiger partial charge is 0.416 e. The van der Waals surface area contributed by atoms with Gasteiger partial charge in [-0.25, -0.2) is 0 Å². The second-order valence-electron chi connectivity index (χ2n) is 3.72. The van der Waals surface area contributed by atoms with Gasteiger partial charge in [0.1, 0.15) is 0 Å². The molecular formula is C11H12F3NO2. The number of carbonyl (C=O) groups is 1. The highest BCUT2D eigenvalue weighted by Gasteiger charge is 2.32. The number of alkyl halides is 3. The largest absolute Gasteiger partial charge is 0.480 e. The number of carboxylic acid groups (broad SMARTS) is 1. The second kappa shape index (κ2) is 5.18. The fourth-order valence-corrected chi connectivity index (χ4v) is 1.51. The van der Waals surface area contributed by atoms with Crippen LogP contribution in [0, 0.1) is 0 Å². The van der Waals surface area contributed by atoms with Crippen molar-refractivity contribution < 1.29 is 23.1 Å². The van der Waals surface area contributed by atoms with Crippen LogP contribution in [0.1, 0.15) is 11.1 Å². The monoisotopic (exact) mass is 247 g/mol. The molecule has 1 rings (SSSR count). The van der Waals surface area contributed by atoms with Crippen LogP contribution in [0.25, 0.3) is 0 Å². The van der Waals surface area contributed by atoms with Crippen molar-refractivity contribution in [3.05, 3.63) is 35.4 Å². The van der Waals surface area contributed by atoms with Crippen molar-refractivity contribution in [1.29, 1.82) is 0 Å². The summed E-state index contributed by atoms with van der Waals surface area (Å²) in [5.41, 5.74) is -0.652. The predicted octanol–water partition coefficient (Wildman–Crippen LogP) is 2.22. The summed E-state index contributed by atoms with van der Waals surface area (Å²) in [4.78, 5) is 11.7. The molecule has 0 atom stereocenters. The summed E-state index contributed by atoms with van der Waals surface area (Å²) in [5.74, 6) is -1.07. The quantitative estimate of drug-likeness (QED) is 0.886. The summed E-state index contributed by atoms with van der Waals surface area (Å²) >= 11 is 0. The van der Waals surface area contributed by atoms with Gasteiger partial charge in [-0.1, -0.05) is 18.2 Å². The van der Waals surface area contributed by atoms with Crippen molar-refractivity contribution in [2.45, 2.75) is 12.7 Å². The molecule has 0 saturated heterocycles. The number of rotatable bonds is 4. The highest BCUT2D eigenvalue weighted by molar-refractivity contribution is 5.69. The Kier molecular flexibility index (Phi) is 4.11. The molecule has 1 N–H and O–H groups in total. The van der Waals surface area contributed by atoms with Crippen LogP contribution >= 0.6 is 0 Å². The molecule has 0 aliphatic carbocycles. The van der Waals surface area contributed by atoms with Gasteiger partial charge in [0.15, 0.2) is 0 Å². The normalized spacial score (nSPS) is 11.8. The standard InChI is InChI=1S/C11H12F3NO2/c1-15(7-10(16)17)6-8-4-2-3-5-9(8)11(12,13)14/h2-5H,6-7H2,1H3,(H,16,17). The van der Waals surface area contributed by atoms with Crippen LogP contribution < -0.4 is 0 Å². The lowest BCUT2D eigenvalue weighted by Crippen LogP contribution is -2.26. The number of halogens is 3. The van der Waals surface area contributed by atoms with Crippen LogP contribution in [0.15, 0.2) is 24.3 Å². The second-order valence-corrected chi connectivity index (χ2v) is 3.72. The first-order valence-corrected chi connectivity index (χ1v) is 4.86. The maximum atomic E-state index is 12.6. The van der Waals surface area contributed by atoms with Crippen LogP contribution in [0.5, 0.6) is 0 Å². The Morgan fingerprint density at radius 1 is 1.35 bits per heavy atom. The summed E-state index contributed by atoms with van der Waals surface area (Å²) in [6, 6.07) is 5.15. The SMILES string of the molecule is CN(CC(=O)O)Cc1ccccc1C(F)(F)F. The first kappa shape index (κ1) is 13.5. The van der Waals surface area contributed by atoms with E-state index in [1.165, 1.54) is 30.1 Å². The van der Waals surface area contributed by atoms with E-state index < -0.39 is 17.7 Å². The topological polar surface area (TPSA) is 40.5 Å². The summed E-state index contributed by atoms with van der Waals surface area (Å²) in [6.07, 6.45) is -4.42. The molecule has 3 nitrogen and oxygen atoms in total. The molecule has 0 spiro atoms. The third-order valence-corrected chi connectivity index (χ3v) is 2.17. The van der Waals surface area contributed by atoms with Crippen molar-refractivity contribution in [1.82, 2.24) is 4.90 Å². The van der Waals surface area contributed by atoms with E-state index in [2.05, 4.69) is 0 Å². The Morgan fingerprint density at radius 3 is 2.47 bits per heavy atom. The van der Waals surface area contributed by atoms with Gasteiger partial charge in [0.05, 0.1) is 12.1 Å². The Balaban J connectivity index is 2.87. The Labute approximate surface area is 96.5 Å². The number of carboxylic acids is 1. The summed E-state index contributed by atoms with van der Waals surface area (Å²) in [7, 11) is 1.46. The first-order valence-electron chi connectivity index (χ1n) is 4.86. The molecule has 0 radical (unpaired) electrons. The molecule has 1 aromatic rings. The van der Waals surface area contributed by atoms with Crippen LogP contribution in [-0.4, -0.2) is 29.6 Å². The van der Waals surface area contributed by atoms with Gasteiger partial charge in [-0.2, -0.15) is 13.2 Å². The number of likely N-dealkylation sites (N-methyl/N-ethyl adjacent to an activating group) is 1. The maximum Gasteiger partial charge on any atom is 0.416 e. The van der Waals surface area contributed by atoms with Crippen molar-refractivity contribution in [2.75, 3.05) is 13.6 Å². The van der Waals surface area contributed by atoms with Gasteiger partial charge in [0, 0.05) is 6.54 Å². The molecule has 0 unspecified atom stereocenters. The van der Waals surface area contributed by atoms with Gasteiger partial charge in [-0.3, -0.25) is 9.69 Å². The molecule has 6 heteroatoms. The number of aliphatic carboxylic acids is 1. The lowest BCUT2D eigenvalue weighted by atomic mass is 10.1. The van der Waals surface area contributed by atoms with Crippen molar-refractivity contribution in [2.24, 2.45) is 0 Å². The molecule has 0 saturated carbocycles. The molecule has 0 aromatic heterocycles. The third kappa shape index (κ3) is 4.07. The van der Waals surface area contributed by atoms with Gasteiger partial charge >= 0.3 is 12.1 Å². The zero-order chi connectivity index (χ0) is 13.1. The summed E-state index contributed by atoms with van der Waals surface area (Å²) in [5, 5.41) is 8.53. The summed E-state index contributed by atoms with van der Waals surface area (Å²) < 4.78 is 37.9. The maximum absolute atomic E-state index is 12.6. The van der Waals surface area contributed by atoms with E-state index in [0.717, 1.165) is 6.07 Å². The van der Waals surface area contributed by atoms with Gasteiger partial charge in [-0.15, -0.1) is 0 Å². The van der Waals surface area contributed by atoms with E-state index in [0.29, 0.717) is 0 Å². The Hall–Kier alpha value is -1.56. The zero-order valence-electron chi connectivity index (χ0n) is 9.16. The number of hydrogen-bond donors (Lipinski definition) is 1. The molecule has 0 bridgehead atoms. The minimum atomic E-state index is -4.42. The fourth-order valence-electron chi connectivity index (χ4n) is 1.51. The highest BCUT2D eigenvalue weighted by Crippen LogP contribution is 2.32. The molecule has 1 aromatic carbocycles. The van der Waals surface area contributed by atoms with E-state index in [1.54, 1.807) is 0 Å². The Morgan fingerprint density at radius 2 is 1.94 bits per heavy atom. The van der Waals surface area contributed by atoms with E-state index in [4.69, 9.17) is 5.11 Å². The molecule has 0 fully saturated rings. The first-order chi connectivity index (χ1) is 7.80. The van der Waals surface area contributed by atoms with Gasteiger partial charge in [0.25, 0.3) is 0 Å². The molecule has 0 amide bonds. The highest BCUT2D eigenvalue weighted by atomic mass is 19.4. The fraction of sp³-hybridized carbons (Fsp3) is 0.364. The molecule has 94 valence electrons. The average molecular weight is 247 g/mol. The van der Waals surface area contributed by atoms with Crippen LogP contribution in [0.4, 0.5) is 13.2 Å². The summed E-state index contributed by atoms with van der Waals surface area (Å²) in [6.45, 7) is -0.353. The number of benzene rings is 1. The van der Waals surface area contributed by atoms with Gasteiger partial charge < -0.3 is 5.11 Å². The average Bonchev–Trinajstić information content (AvgIpc) is 2.15. The third-order valence-electron chi connectivity index (χ3n) is 2.17. The van der Waals surface area contributed by atoms with Crippen molar-refractivity contribution >= 4 is 5.97 Å². The Bertz CT molecular complexity index is 404. The van der Waals surface area contributed by atoms with E-state index in [-0.39, 0.29) is 18.7 Å². The lowest BCUT2D eigenvalue weighted by Gasteiger charge is -2.18. The van der Waals surface area contributed by atoms with Crippen LogP contribution in [0.3, 0.4) is 0 Å². The minimum Gasteiger partial charge on any atom is -0.480 e.